The van der Waals surface area contributed by atoms with Crippen LogP contribution in [0.5, 0.6) is 11.5 Å². The molecule has 6 heteroatoms. The molecule has 0 atom stereocenters. The Bertz CT molecular complexity index is 976. The summed E-state index contributed by atoms with van der Waals surface area (Å²) in [5.74, 6) is 3.16. The lowest BCUT2D eigenvalue weighted by Crippen LogP contribution is -2.39. The summed E-state index contributed by atoms with van der Waals surface area (Å²) in [6, 6.07) is 12.4. The summed E-state index contributed by atoms with van der Waals surface area (Å²) in [6.07, 6.45) is 10.6. The number of likely N-dealkylation sites (N-methyl/N-ethyl adjacent to an activating group) is 1. The third-order valence-electron chi connectivity index (χ3n) is 4.53. The number of benzene rings is 2. The van der Waals surface area contributed by atoms with Crippen molar-refractivity contribution in [1.29, 1.82) is 0 Å². The van der Waals surface area contributed by atoms with E-state index in [9.17, 15) is 9.59 Å². The number of nitrogens with one attached hydrogen (secondary N) is 1. The van der Waals surface area contributed by atoms with Crippen molar-refractivity contribution in [3.05, 3.63) is 59.7 Å². The fourth-order valence-corrected chi connectivity index (χ4v) is 2.77. The highest BCUT2D eigenvalue weighted by molar-refractivity contribution is 6.06. The number of rotatable bonds is 10. The summed E-state index contributed by atoms with van der Waals surface area (Å²) in [4.78, 5) is 26.2. The fraction of sp³-hybridized carbons (Fsp3) is 0.280. The number of nitrogens with zero attached hydrogens (tertiary/aromatic N) is 1. The van der Waals surface area contributed by atoms with Gasteiger partial charge in [-0.3, -0.25) is 14.5 Å². The van der Waals surface area contributed by atoms with Crippen molar-refractivity contribution in [3.63, 3.8) is 0 Å². The molecule has 0 saturated heterocycles. The number of carbonyl (C=O) groups excluding carboxylic acids is 2. The van der Waals surface area contributed by atoms with Crippen LogP contribution < -0.4 is 19.7 Å². The molecule has 2 aromatic rings. The molecule has 0 fully saturated rings. The van der Waals surface area contributed by atoms with Gasteiger partial charge in [0.25, 0.3) is 5.91 Å². The lowest BCUT2D eigenvalue weighted by molar-refractivity contribution is -0.121. The van der Waals surface area contributed by atoms with E-state index in [1.807, 2.05) is 12.1 Å². The standard InChI is InChI=1S/C25H28N2O4/c1-5-7-15-31-22-13-11-20(17-23(22)30-4)12-14-25(29)27(18-24(28)26-3)21-10-8-9-19(6-2)16-21/h2,8-14,16-17H,5,7,15,18H2,1,3-4H3,(H,26,28)/b14-12+. The predicted octanol–water partition coefficient (Wildman–Crippen LogP) is 3.65. The lowest BCUT2D eigenvalue weighted by atomic mass is 10.1. The Kier molecular flexibility index (Phi) is 9.18. The topological polar surface area (TPSA) is 67.9 Å². The van der Waals surface area contributed by atoms with Crippen LogP contribution in [0.25, 0.3) is 6.08 Å². The highest BCUT2D eigenvalue weighted by Crippen LogP contribution is 2.29. The van der Waals surface area contributed by atoms with Crippen LogP contribution in [0.2, 0.25) is 0 Å². The molecule has 2 amide bonds. The van der Waals surface area contributed by atoms with Crippen LogP contribution in [0, 0.1) is 12.3 Å². The van der Waals surface area contributed by atoms with Crippen LogP contribution in [0.15, 0.2) is 48.5 Å². The minimum absolute atomic E-state index is 0.124. The summed E-state index contributed by atoms with van der Waals surface area (Å²) < 4.78 is 11.1. The Balaban J connectivity index is 2.23. The molecule has 0 aliphatic rings. The fourth-order valence-electron chi connectivity index (χ4n) is 2.77. The second-order valence-electron chi connectivity index (χ2n) is 6.74. The highest BCUT2D eigenvalue weighted by atomic mass is 16.5. The molecule has 0 spiro atoms. The minimum atomic E-state index is -0.347. The van der Waals surface area contributed by atoms with Crippen LogP contribution in [0.3, 0.4) is 0 Å². The van der Waals surface area contributed by atoms with Crippen molar-refractivity contribution in [2.24, 2.45) is 0 Å². The van der Waals surface area contributed by atoms with Crippen molar-refractivity contribution in [3.8, 4) is 23.8 Å². The lowest BCUT2D eigenvalue weighted by Gasteiger charge is -2.20. The number of hydrogen-bond acceptors (Lipinski definition) is 4. The maximum Gasteiger partial charge on any atom is 0.251 e. The molecule has 2 aromatic carbocycles. The predicted molar refractivity (Wildman–Crippen MR) is 123 cm³/mol. The first kappa shape index (κ1) is 23.6. The molecule has 0 aromatic heterocycles. The van der Waals surface area contributed by atoms with Gasteiger partial charge in [0.1, 0.15) is 6.54 Å². The van der Waals surface area contributed by atoms with Crippen molar-refractivity contribution >= 4 is 23.6 Å². The molecule has 162 valence electrons. The first-order valence-corrected chi connectivity index (χ1v) is 10.1. The Morgan fingerprint density at radius 1 is 1.19 bits per heavy atom. The number of ether oxygens (including phenoxy) is 2. The summed E-state index contributed by atoms with van der Waals surface area (Å²) in [6.45, 7) is 2.59. The molecule has 2 rings (SSSR count). The molecule has 0 radical (unpaired) electrons. The van der Waals surface area contributed by atoms with Crippen molar-refractivity contribution < 1.29 is 19.1 Å². The summed E-state index contributed by atoms with van der Waals surface area (Å²) in [7, 11) is 3.10. The third-order valence-corrected chi connectivity index (χ3v) is 4.53. The number of anilines is 1. The average molecular weight is 421 g/mol. The largest absolute Gasteiger partial charge is 0.493 e. The van der Waals surface area contributed by atoms with E-state index in [2.05, 4.69) is 18.2 Å². The van der Waals surface area contributed by atoms with Crippen molar-refractivity contribution in [1.82, 2.24) is 5.32 Å². The van der Waals surface area contributed by atoms with Gasteiger partial charge in [-0.05, 0) is 48.4 Å². The molecule has 0 heterocycles. The van der Waals surface area contributed by atoms with Gasteiger partial charge in [0.05, 0.1) is 13.7 Å². The number of unbranched alkanes of at least 4 members (excludes halogenated alkanes) is 1. The zero-order valence-electron chi connectivity index (χ0n) is 18.2. The summed E-state index contributed by atoms with van der Waals surface area (Å²) in [5.41, 5.74) is 1.94. The number of amides is 2. The van der Waals surface area contributed by atoms with Crippen LogP contribution in [0.4, 0.5) is 5.69 Å². The molecule has 31 heavy (non-hydrogen) atoms. The van der Waals surface area contributed by atoms with Gasteiger partial charge in [-0.25, -0.2) is 0 Å². The molecular formula is C25H28N2O4. The van der Waals surface area contributed by atoms with Gasteiger partial charge < -0.3 is 14.8 Å². The van der Waals surface area contributed by atoms with Crippen LogP contribution >= 0.6 is 0 Å². The van der Waals surface area contributed by atoms with Crippen LogP contribution in [-0.4, -0.2) is 39.1 Å². The van der Waals surface area contributed by atoms with E-state index < -0.39 is 0 Å². The molecule has 0 unspecified atom stereocenters. The molecule has 0 bridgehead atoms. The Hall–Kier alpha value is -3.72. The molecule has 1 N–H and O–H groups in total. The van der Waals surface area contributed by atoms with E-state index in [-0.39, 0.29) is 18.4 Å². The average Bonchev–Trinajstić information content (AvgIpc) is 2.81. The molecule has 0 saturated carbocycles. The summed E-state index contributed by atoms with van der Waals surface area (Å²) >= 11 is 0. The van der Waals surface area contributed by atoms with E-state index in [4.69, 9.17) is 15.9 Å². The molecule has 0 aliphatic heterocycles. The van der Waals surface area contributed by atoms with Crippen LogP contribution in [-0.2, 0) is 9.59 Å². The van der Waals surface area contributed by atoms with Crippen molar-refractivity contribution in [2.45, 2.75) is 19.8 Å². The smallest absolute Gasteiger partial charge is 0.251 e. The molecular weight excluding hydrogens is 392 g/mol. The summed E-state index contributed by atoms with van der Waals surface area (Å²) in [5, 5.41) is 2.54. The zero-order chi connectivity index (χ0) is 22.6. The number of carbonyl (C=O) groups is 2. The van der Waals surface area contributed by atoms with E-state index in [0.717, 1.165) is 18.4 Å². The number of hydrogen-bond donors (Lipinski definition) is 1. The molecule has 0 aliphatic carbocycles. The highest BCUT2D eigenvalue weighted by Gasteiger charge is 2.17. The quantitative estimate of drug-likeness (QED) is 0.362. The Morgan fingerprint density at radius 2 is 2.00 bits per heavy atom. The van der Waals surface area contributed by atoms with Gasteiger partial charge >= 0.3 is 0 Å². The Morgan fingerprint density at radius 3 is 2.68 bits per heavy atom. The van der Waals surface area contributed by atoms with Gasteiger partial charge in [-0.2, -0.15) is 0 Å². The monoisotopic (exact) mass is 420 g/mol. The zero-order valence-corrected chi connectivity index (χ0v) is 18.2. The maximum atomic E-state index is 12.9. The van der Waals surface area contributed by atoms with E-state index in [1.165, 1.54) is 18.0 Å². The number of terminal acetylenes is 1. The first-order valence-electron chi connectivity index (χ1n) is 10.1. The molecule has 6 nitrogen and oxygen atoms in total. The van der Waals surface area contributed by atoms with E-state index in [0.29, 0.717) is 29.4 Å². The third kappa shape index (κ3) is 6.93. The van der Waals surface area contributed by atoms with Gasteiger partial charge in [-0.15, -0.1) is 6.42 Å². The second kappa shape index (κ2) is 12.1. The normalized spacial score (nSPS) is 10.4. The van der Waals surface area contributed by atoms with E-state index in [1.54, 1.807) is 43.5 Å². The van der Waals surface area contributed by atoms with Gasteiger partial charge in [0.15, 0.2) is 11.5 Å². The van der Waals surface area contributed by atoms with Crippen molar-refractivity contribution in [2.75, 3.05) is 32.2 Å². The first-order chi connectivity index (χ1) is 15.0. The van der Waals surface area contributed by atoms with E-state index >= 15 is 0 Å². The van der Waals surface area contributed by atoms with Gasteiger partial charge in [0.2, 0.25) is 5.91 Å². The van der Waals surface area contributed by atoms with Gasteiger partial charge in [-0.1, -0.05) is 31.4 Å². The Labute approximate surface area is 183 Å². The number of methoxy groups -OCH3 is 1. The van der Waals surface area contributed by atoms with Gasteiger partial charge in [0, 0.05) is 24.4 Å². The van der Waals surface area contributed by atoms with Crippen LogP contribution in [0.1, 0.15) is 30.9 Å². The second-order valence-corrected chi connectivity index (χ2v) is 6.74. The SMILES string of the molecule is C#Cc1cccc(N(CC(=O)NC)C(=O)/C=C/c2ccc(OCCCC)c(OC)c2)c1. The minimum Gasteiger partial charge on any atom is -0.493 e. The maximum absolute atomic E-state index is 12.9.